The molecular formula is C20H12N2O4S2. The van der Waals surface area contributed by atoms with Gasteiger partial charge in [-0.25, -0.2) is 0 Å². The molecule has 28 heavy (non-hydrogen) atoms. The molecule has 1 aliphatic rings. The van der Waals surface area contributed by atoms with Crippen molar-refractivity contribution in [2.45, 2.75) is 0 Å². The van der Waals surface area contributed by atoms with E-state index in [-0.39, 0.29) is 11.6 Å². The van der Waals surface area contributed by atoms with Crippen LogP contribution in [0.15, 0.2) is 76.1 Å². The standard InChI is InChI=1S/C20H12N2O4S2/c23-19-18(28-20(27)21(19)13-6-2-1-3-7-13)12-14-10-11-17(26-14)15-8-4-5-9-16(15)22(24)25/h1-12H/b18-12-. The Bertz CT molecular complexity index is 1120. The third kappa shape index (κ3) is 3.35. The fraction of sp³-hybridized carbons (Fsp3) is 0. The highest BCUT2D eigenvalue weighted by molar-refractivity contribution is 8.27. The molecule has 1 amide bonds. The molecule has 138 valence electrons. The van der Waals surface area contributed by atoms with E-state index in [0.29, 0.717) is 32.0 Å². The number of hydrogen-bond donors (Lipinski definition) is 0. The van der Waals surface area contributed by atoms with Gasteiger partial charge in [-0.15, -0.1) is 0 Å². The smallest absolute Gasteiger partial charge is 0.280 e. The fourth-order valence-electron chi connectivity index (χ4n) is 2.81. The first-order valence-electron chi connectivity index (χ1n) is 8.21. The Hall–Kier alpha value is -3.23. The zero-order valence-electron chi connectivity index (χ0n) is 14.3. The van der Waals surface area contributed by atoms with Gasteiger partial charge in [0.15, 0.2) is 4.32 Å². The number of nitrogens with zero attached hydrogens (tertiary/aromatic N) is 2. The van der Waals surface area contributed by atoms with Gasteiger partial charge in [0, 0.05) is 12.1 Å². The van der Waals surface area contributed by atoms with Gasteiger partial charge in [0.1, 0.15) is 11.5 Å². The molecule has 1 fully saturated rings. The number of thioether (sulfide) groups is 1. The third-order valence-corrected chi connectivity index (χ3v) is 5.38. The molecule has 0 unspecified atom stereocenters. The maximum atomic E-state index is 12.8. The van der Waals surface area contributed by atoms with Crippen molar-refractivity contribution in [2.24, 2.45) is 0 Å². The number of amides is 1. The van der Waals surface area contributed by atoms with Gasteiger partial charge in [0.2, 0.25) is 0 Å². The molecule has 0 aliphatic carbocycles. The van der Waals surface area contributed by atoms with Crippen molar-refractivity contribution in [1.29, 1.82) is 0 Å². The summed E-state index contributed by atoms with van der Waals surface area (Å²) in [6.45, 7) is 0. The van der Waals surface area contributed by atoms with Gasteiger partial charge in [0.25, 0.3) is 11.6 Å². The average molecular weight is 408 g/mol. The first-order valence-corrected chi connectivity index (χ1v) is 9.44. The van der Waals surface area contributed by atoms with Crippen LogP contribution in [-0.4, -0.2) is 15.2 Å². The number of furan rings is 1. The van der Waals surface area contributed by atoms with Crippen LogP contribution in [0.2, 0.25) is 0 Å². The van der Waals surface area contributed by atoms with E-state index in [4.69, 9.17) is 16.6 Å². The van der Waals surface area contributed by atoms with Crippen molar-refractivity contribution in [3.05, 3.63) is 87.5 Å². The van der Waals surface area contributed by atoms with E-state index in [1.165, 1.54) is 22.7 Å². The van der Waals surface area contributed by atoms with Gasteiger partial charge in [-0.05, 0) is 30.3 Å². The molecule has 2 aromatic carbocycles. The molecule has 1 saturated heterocycles. The van der Waals surface area contributed by atoms with E-state index in [0.717, 1.165) is 0 Å². The minimum atomic E-state index is -0.456. The molecule has 6 nitrogen and oxygen atoms in total. The molecule has 0 bridgehead atoms. The lowest BCUT2D eigenvalue weighted by molar-refractivity contribution is -0.384. The minimum absolute atomic E-state index is 0.0428. The summed E-state index contributed by atoms with van der Waals surface area (Å²) in [5.74, 6) is 0.545. The van der Waals surface area contributed by atoms with Crippen LogP contribution in [0.1, 0.15) is 5.76 Å². The van der Waals surface area contributed by atoms with Gasteiger partial charge in [0.05, 0.1) is 21.1 Å². The van der Waals surface area contributed by atoms with Crippen LogP contribution in [0.3, 0.4) is 0 Å². The summed E-state index contributed by atoms with van der Waals surface area (Å²) in [5, 5.41) is 11.2. The molecule has 0 N–H and O–H groups in total. The number of anilines is 1. The number of hydrogen-bond acceptors (Lipinski definition) is 6. The normalized spacial score (nSPS) is 15.4. The van der Waals surface area contributed by atoms with E-state index in [2.05, 4.69) is 0 Å². The summed E-state index contributed by atoms with van der Waals surface area (Å²) in [5.41, 5.74) is 1.04. The monoisotopic (exact) mass is 408 g/mol. The summed E-state index contributed by atoms with van der Waals surface area (Å²) in [6, 6.07) is 18.8. The highest BCUT2D eigenvalue weighted by Crippen LogP contribution is 2.37. The second kappa shape index (κ2) is 7.41. The number of nitro groups is 1. The highest BCUT2D eigenvalue weighted by Gasteiger charge is 2.33. The lowest BCUT2D eigenvalue weighted by atomic mass is 10.1. The van der Waals surface area contributed by atoms with Crippen LogP contribution in [0, 0.1) is 10.1 Å². The summed E-state index contributed by atoms with van der Waals surface area (Å²) < 4.78 is 6.18. The molecule has 0 saturated carbocycles. The third-order valence-electron chi connectivity index (χ3n) is 4.07. The predicted molar refractivity (Wildman–Crippen MR) is 113 cm³/mol. The van der Waals surface area contributed by atoms with Crippen molar-refractivity contribution < 1.29 is 14.1 Å². The number of carbonyl (C=O) groups is 1. The SMILES string of the molecule is O=C1/C(=C/c2ccc(-c3ccccc3[N+](=O)[O-])o2)SC(=S)N1c1ccccc1. The lowest BCUT2D eigenvalue weighted by Gasteiger charge is -2.13. The molecule has 0 radical (unpaired) electrons. The van der Waals surface area contributed by atoms with Crippen molar-refractivity contribution in [3.63, 3.8) is 0 Å². The lowest BCUT2D eigenvalue weighted by Crippen LogP contribution is -2.27. The Kier molecular flexibility index (Phi) is 4.81. The number of thiocarbonyl (C=S) groups is 1. The zero-order valence-corrected chi connectivity index (χ0v) is 15.9. The van der Waals surface area contributed by atoms with E-state index in [1.807, 2.05) is 30.3 Å². The molecule has 0 atom stereocenters. The van der Waals surface area contributed by atoms with E-state index in [1.54, 1.807) is 36.4 Å². The predicted octanol–water partition coefficient (Wildman–Crippen LogP) is 5.26. The molecule has 1 aromatic heterocycles. The minimum Gasteiger partial charge on any atom is -0.456 e. The maximum Gasteiger partial charge on any atom is 0.280 e. The molecule has 3 aromatic rings. The quantitative estimate of drug-likeness (QED) is 0.254. The second-order valence-corrected chi connectivity index (χ2v) is 7.50. The van der Waals surface area contributed by atoms with Crippen LogP contribution < -0.4 is 4.90 Å². The molecule has 4 rings (SSSR count). The van der Waals surface area contributed by atoms with Crippen molar-refractivity contribution in [2.75, 3.05) is 4.90 Å². The number of nitro benzene ring substituents is 1. The van der Waals surface area contributed by atoms with Crippen LogP contribution in [0.25, 0.3) is 17.4 Å². The van der Waals surface area contributed by atoms with E-state index in [9.17, 15) is 14.9 Å². The topological polar surface area (TPSA) is 76.6 Å². The highest BCUT2D eigenvalue weighted by atomic mass is 32.2. The van der Waals surface area contributed by atoms with Gasteiger partial charge >= 0.3 is 0 Å². The second-order valence-electron chi connectivity index (χ2n) is 5.83. The van der Waals surface area contributed by atoms with Crippen LogP contribution in [0.4, 0.5) is 11.4 Å². The Morgan fingerprint density at radius 3 is 2.50 bits per heavy atom. The van der Waals surface area contributed by atoms with Crippen LogP contribution in [-0.2, 0) is 4.79 Å². The van der Waals surface area contributed by atoms with Crippen molar-refractivity contribution in [3.8, 4) is 11.3 Å². The number of carbonyl (C=O) groups excluding carboxylic acids is 1. The Labute approximate surface area is 169 Å². The maximum absolute atomic E-state index is 12.8. The Balaban J connectivity index is 1.64. The van der Waals surface area contributed by atoms with Gasteiger partial charge in [-0.3, -0.25) is 19.8 Å². The average Bonchev–Trinajstić information content (AvgIpc) is 3.27. The summed E-state index contributed by atoms with van der Waals surface area (Å²) in [7, 11) is 0. The Morgan fingerprint density at radius 2 is 1.75 bits per heavy atom. The summed E-state index contributed by atoms with van der Waals surface area (Å²) in [6.07, 6.45) is 1.60. The summed E-state index contributed by atoms with van der Waals surface area (Å²) in [4.78, 5) is 25.4. The number of para-hydroxylation sites is 2. The largest absolute Gasteiger partial charge is 0.456 e. The number of rotatable bonds is 4. The summed E-state index contributed by atoms with van der Waals surface area (Å²) >= 11 is 6.53. The molecule has 0 spiro atoms. The van der Waals surface area contributed by atoms with Gasteiger partial charge in [-0.1, -0.05) is 54.3 Å². The van der Waals surface area contributed by atoms with E-state index >= 15 is 0 Å². The van der Waals surface area contributed by atoms with Gasteiger partial charge < -0.3 is 4.42 Å². The molecule has 1 aliphatic heterocycles. The number of benzene rings is 2. The molecule has 8 heteroatoms. The van der Waals surface area contributed by atoms with E-state index < -0.39 is 4.92 Å². The zero-order chi connectivity index (χ0) is 19.7. The van der Waals surface area contributed by atoms with Gasteiger partial charge in [-0.2, -0.15) is 0 Å². The Morgan fingerprint density at radius 1 is 1.04 bits per heavy atom. The fourth-order valence-corrected chi connectivity index (χ4v) is 4.09. The molecular weight excluding hydrogens is 396 g/mol. The van der Waals surface area contributed by atoms with Crippen molar-refractivity contribution in [1.82, 2.24) is 0 Å². The van der Waals surface area contributed by atoms with Crippen LogP contribution >= 0.6 is 24.0 Å². The van der Waals surface area contributed by atoms with Crippen molar-refractivity contribution >= 4 is 51.7 Å². The first-order chi connectivity index (χ1) is 13.5. The first kappa shape index (κ1) is 18.1. The molecule has 2 heterocycles. The van der Waals surface area contributed by atoms with Crippen LogP contribution in [0.5, 0.6) is 0 Å².